The Morgan fingerprint density at radius 3 is 2.62 bits per heavy atom. The van der Waals surface area contributed by atoms with Crippen molar-refractivity contribution in [1.29, 1.82) is 0 Å². The average molecular weight is 227 g/mol. The number of esters is 1. The molecule has 0 bridgehead atoms. The molecule has 0 aromatic carbocycles. The summed E-state index contributed by atoms with van der Waals surface area (Å²) in [6.45, 7) is 4.38. The number of hydrogen-bond donors (Lipinski definition) is 1. The van der Waals surface area contributed by atoms with E-state index in [1.807, 2.05) is 13.8 Å². The van der Waals surface area contributed by atoms with Gasteiger partial charge in [0.05, 0.1) is 13.0 Å². The number of amides is 1. The molecule has 0 radical (unpaired) electrons. The summed E-state index contributed by atoms with van der Waals surface area (Å²) in [6.07, 6.45) is 4.39. The van der Waals surface area contributed by atoms with Crippen LogP contribution >= 0.6 is 0 Å². The molecule has 16 heavy (non-hydrogen) atoms. The number of rotatable bonds is 6. The van der Waals surface area contributed by atoms with Gasteiger partial charge in [0.25, 0.3) is 0 Å². The third-order valence-electron chi connectivity index (χ3n) is 1.46. The predicted octanol–water partition coefficient (Wildman–Crippen LogP) is 0.935. The first-order valence-corrected chi connectivity index (χ1v) is 5.06. The molecule has 1 amide bonds. The second-order valence-corrected chi connectivity index (χ2v) is 3.53. The molecule has 1 N–H and O–H groups in total. The maximum absolute atomic E-state index is 11.1. The maximum Gasteiger partial charge on any atom is 0.408 e. The van der Waals surface area contributed by atoms with E-state index in [4.69, 9.17) is 11.2 Å². The first-order valence-electron chi connectivity index (χ1n) is 5.06. The molecule has 5 nitrogen and oxygen atoms in total. The molecule has 0 aromatic rings. The zero-order chi connectivity index (χ0) is 12.4. The number of hydrogen-bond acceptors (Lipinski definition) is 4. The first-order chi connectivity index (χ1) is 7.56. The smallest absolute Gasteiger partial charge is 0.408 e. The molecule has 0 spiro atoms. The fraction of sp³-hybridized carbons (Fsp3) is 0.636. The first kappa shape index (κ1) is 14.3. The summed E-state index contributed by atoms with van der Waals surface area (Å²) < 4.78 is 9.44. The van der Waals surface area contributed by atoms with Crippen molar-refractivity contribution in [3.05, 3.63) is 0 Å². The van der Waals surface area contributed by atoms with E-state index in [0.717, 1.165) is 0 Å². The summed E-state index contributed by atoms with van der Waals surface area (Å²) in [7, 11) is 0. The highest BCUT2D eigenvalue weighted by Crippen LogP contribution is 1.94. The van der Waals surface area contributed by atoms with Crippen LogP contribution in [0, 0.1) is 18.3 Å². The lowest BCUT2D eigenvalue weighted by molar-refractivity contribution is -0.144. The van der Waals surface area contributed by atoms with Gasteiger partial charge in [-0.3, -0.25) is 4.79 Å². The van der Waals surface area contributed by atoms with Crippen LogP contribution in [0.15, 0.2) is 0 Å². The third kappa shape index (κ3) is 8.88. The molecule has 0 saturated heterocycles. The Labute approximate surface area is 95.5 Å². The lowest BCUT2D eigenvalue weighted by Gasteiger charge is -2.07. The Hall–Kier alpha value is -1.70. The van der Waals surface area contributed by atoms with Crippen LogP contribution in [-0.4, -0.2) is 31.8 Å². The Morgan fingerprint density at radius 1 is 1.38 bits per heavy atom. The van der Waals surface area contributed by atoms with E-state index < -0.39 is 6.09 Å². The van der Waals surface area contributed by atoms with Crippen molar-refractivity contribution in [2.45, 2.75) is 20.3 Å². The highest BCUT2D eigenvalue weighted by Gasteiger charge is 2.06. The van der Waals surface area contributed by atoms with Gasteiger partial charge in [-0.25, -0.2) is 4.79 Å². The van der Waals surface area contributed by atoms with Gasteiger partial charge in [0.1, 0.15) is 0 Å². The molecule has 0 rings (SSSR count). The van der Waals surface area contributed by atoms with E-state index in [-0.39, 0.29) is 25.5 Å². The number of carbonyl (C=O) groups is 2. The van der Waals surface area contributed by atoms with Crippen molar-refractivity contribution in [3.8, 4) is 12.3 Å². The van der Waals surface area contributed by atoms with Crippen molar-refractivity contribution in [2.24, 2.45) is 5.92 Å². The van der Waals surface area contributed by atoms with Crippen LogP contribution in [0.3, 0.4) is 0 Å². The number of ether oxygens (including phenoxy) is 2. The van der Waals surface area contributed by atoms with Crippen LogP contribution in [0.25, 0.3) is 0 Å². The van der Waals surface area contributed by atoms with Crippen LogP contribution < -0.4 is 5.32 Å². The molecule has 0 saturated carbocycles. The predicted molar refractivity (Wildman–Crippen MR) is 58.6 cm³/mol. The zero-order valence-corrected chi connectivity index (χ0v) is 9.62. The molecule has 0 aromatic heterocycles. The van der Waals surface area contributed by atoms with E-state index in [1.165, 1.54) is 0 Å². The van der Waals surface area contributed by atoms with E-state index in [2.05, 4.69) is 16.0 Å². The maximum atomic E-state index is 11.1. The van der Waals surface area contributed by atoms with E-state index in [9.17, 15) is 9.59 Å². The molecule has 90 valence electrons. The molecular formula is C11H17NO4. The van der Waals surface area contributed by atoms with Gasteiger partial charge >= 0.3 is 12.1 Å². The van der Waals surface area contributed by atoms with Crippen LogP contribution in [0.1, 0.15) is 20.3 Å². The summed E-state index contributed by atoms with van der Waals surface area (Å²) in [4.78, 5) is 22.0. The zero-order valence-electron chi connectivity index (χ0n) is 9.62. The number of carbonyl (C=O) groups excluding carboxylic acids is 2. The van der Waals surface area contributed by atoms with Crippen LogP contribution in [-0.2, 0) is 14.3 Å². The highest BCUT2D eigenvalue weighted by atomic mass is 16.5. The monoisotopic (exact) mass is 227 g/mol. The fourth-order valence-electron chi connectivity index (χ4n) is 0.757. The molecule has 0 heterocycles. The minimum absolute atomic E-state index is 0.0797. The number of alkyl carbamates (subject to hydrolysis) is 1. The lowest BCUT2D eigenvalue weighted by atomic mass is 10.2. The second kappa shape index (κ2) is 8.60. The number of nitrogens with one attached hydrogen (secondary N) is 1. The molecule has 0 unspecified atom stereocenters. The molecule has 0 atom stereocenters. The van der Waals surface area contributed by atoms with Crippen LogP contribution in [0.2, 0.25) is 0 Å². The lowest BCUT2D eigenvalue weighted by Crippen LogP contribution is -2.27. The standard InChI is InChI=1S/C11H17NO4/c1-4-7-15-11(14)12-6-5-10(13)16-8-9(2)3/h1,9H,5-8H2,2-3H3,(H,12,14). The van der Waals surface area contributed by atoms with Gasteiger partial charge in [0, 0.05) is 6.54 Å². The van der Waals surface area contributed by atoms with Crippen LogP contribution in [0.4, 0.5) is 4.79 Å². The third-order valence-corrected chi connectivity index (χ3v) is 1.46. The molecule has 0 aliphatic rings. The minimum atomic E-state index is -0.630. The largest absolute Gasteiger partial charge is 0.465 e. The van der Waals surface area contributed by atoms with E-state index in [1.54, 1.807) is 0 Å². The molecule has 0 aliphatic heterocycles. The van der Waals surface area contributed by atoms with Crippen molar-refractivity contribution in [3.63, 3.8) is 0 Å². The SMILES string of the molecule is C#CCOC(=O)NCCC(=O)OCC(C)C. The Kier molecular flexibility index (Phi) is 7.68. The van der Waals surface area contributed by atoms with Crippen molar-refractivity contribution >= 4 is 12.1 Å². The molecule has 0 fully saturated rings. The quantitative estimate of drug-likeness (QED) is 0.541. The Balaban J connectivity index is 3.47. The summed E-state index contributed by atoms with van der Waals surface area (Å²) in [5, 5.41) is 2.38. The Morgan fingerprint density at radius 2 is 2.06 bits per heavy atom. The van der Waals surface area contributed by atoms with Crippen molar-refractivity contribution in [2.75, 3.05) is 19.8 Å². The van der Waals surface area contributed by atoms with Crippen molar-refractivity contribution in [1.82, 2.24) is 5.32 Å². The van der Waals surface area contributed by atoms with Crippen molar-refractivity contribution < 1.29 is 19.1 Å². The summed E-state index contributed by atoms with van der Waals surface area (Å²) >= 11 is 0. The van der Waals surface area contributed by atoms with Gasteiger partial charge in [0.15, 0.2) is 6.61 Å². The van der Waals surface area contributed by atoms with E-state index >= 15 is 0 Å². The Bertz CT molecular complexity index is 268. The number of terminal acetylenes is 1. The second-order valence-electron chi connectivity index (χ2n) is 3.53. The van der Waals surface area contributed by atoms with Gasteiger partial charge in [-0.1, -0.05) is 19.8 Å². The average Bonchev–Trinajstić information content (AvgIpc) is 2.23. The van der Waals surface area contributed by atoms with Gasteiger partial charge in [-0.15, -0.1) is 6.42 Å². The minimum Gasteiger partial charge on any atom is -0.465 e. The van der Waals surface area contributed by atoms with Gasteiger partial charge < -0.3 is 14.8 Å². The summed E-state index contributed by atoms with van der Waals surface area (Å²) in [6, 6.07) is 0. The van der Waals surface area contributed by atoms with Crippen LogP contribution in [0.5, 0.6) is 0 Å². The van der Waals surface area contributed by atoms with Gasteiger partial charge in [0.2, 0.25) is 0 Å². The molecular weight excluding hydrogens is 210 g/mol. The van der Waals surface area contributed by atoms with Gasteiger partial charge in [-0.05, 0) is 5.92 Å². The fourth-order valence-corrected chi connectivity index (χ4v) is 0.757. The van der Waals surface area contributed by atoms with Gasteiger partial charge in [-0.2, -0.15) is 0 Å². The topological polar surface area (TPSA) is 64.6 Å². The molecule has 0 aliphatic carbocycles. The van der Waals surface area contributed by atoms with E-state index in [0.29, 0.717) is 12.5 Å². The highest BCUT2D eigenvalue weighted by molar-refractivity contribution is 5.71. The normalized spacial score (nSPS) is 9.38. The summed E-state index contributed by atoms with van der Waals surface area (Å²) in [5.74, 6) is 2.12. The summed E-state index contributed by atoms with van der Waals surface area (Å²) in [5.41, 5.74) is 0. The molecule has 5 heteroatoms.